The maximum Gasteiger partial charge on any atom is 0.416 e. The van der Waals surface area contributed by atoms with Crippen LogP contribution in [0.5, 0.6) is 0 Å². The summed E-state index contributed by atoms with van der Waals surface area (Å²) in [7, 11) is 0. The van der Waals surface area contributed by atoms with E-state index in [0.29, 0.717) is 79.8 Å². The van der Waals surface area contributed by atoms with Crippen LogP contribution in [-0.2, 0) is 34.9 Å². The highest BCUT2D eigenvalue weighted by molar-refractivity contribution is 5.80. The predicted molar refractivity (Wildman–Crippen MR) is 326 cm³/mol. The second kappa shape index (κ2) is 30.0. The molecule has 0 radical (unpaired) electrons. The highest BCUT2D eigenvalue weighted by Crippen LogP contribution is 2.32. The molecule has 3 aromatic heterocycles. The van der Waals surface area contributed by atoms with E-state index in [-0.39, 0.29) is 47.0 Å². The number of alkyl halides is 6. The Hall–Kier alpha value is -10.4. The number of carbonyl (C=O) groups is 2. The van der Waals surface area contributed by atoms with Crippen molar-refractivity contribution < 1.29 is 45.4 Å². The van der Waals surface area contributed by atoms with Crippen molar-refractivity contribution in [3.05, 3.63) is 190 Å². The van der Waals surface area contributed by atoms with Crippen LogP contribution in [0.1, 0.15) is 119 Å². The number of ether oxygens (including phenoxy) is 2. The normalized spacial score (nSPS) is 11.6. The number of anilines is 1. The molecule has 7 rings (SSSR count). The van der Waals surface area contributed by atoms with Gasteiger partial charge in [-0.1, -0.05) is 18.1 Å². The quantitative estimate of drug-likeness (QED) is 0.0238. The summed E-state index contributed by atoms with van der Waals surface area (Å²) < 4.78 is 97.2. The van der Waals surface area contributed by atoms with E-state index in [9.17, 15) is 55.1 Å². The highest BCUT2D eigenvalue weighted by Gasteiger charge is 2.33. The number of hydrogen-bond donors (Lipinski definition) is 3. The lowest BCUT2D eigenvalue weighted by Gasteiger charge is -2.20. The summed E-state index contributed by atoms with van der Waals surface area (Å²) in [5, 5.41) is 31.7. The first-order valence-electron chi connectivity index (χ1n) is 28.3. The zero-order valence-electron chi connectivity index (χ0n) is 50.6. The van der Waals surface area contributed by atoms with Gasteiger partial charge in [-0.2, -0.15) is 47.1 Å². The highest BCUT2D eigenvalue weighted by atomic mass is 19.4. The summed E-state index contributed by atoms with van der Waals surface area (Å²) in [6.07, 6.45) is -4.83. The molecule has 3 N–H and O–H groups in total. The van der Waals surface area contributed by atoms with Gasteiger partial charge in [-0.05, 0) is 191 Å². The zero-order valence-corrected chi connectivity index (χ0v) is 50.6. The van der Waals surface area contributed by atoms with E-state index in [0.717, 1.165) is 42.5 Å². The molecule has 0 atom stereocenters. The van der Waals surface area contributed by atoms with Crippen LogP contribution in [0.3, 0.4) is 0 Å². The average Bonchev–Trinajstić information content (AvgIpc) is 1.12. The Morgan fingerprint density at radius 2 is 1.07 bits per heavy atom. The van der Waals surface area contributed by atoms with E-state index in [2.05, 4.69) is 38.1 Å². The van der Waals surface area contributed by atoms with Gasteiger partial charge in [0.05, 0.1) is 80.8 Å². The number of nitrogens with zero attached hydrogens (tertiary/aromatic N) is 9. The number of amides is 2. The minimum atomic E-state index is -4.65. The number of nitriles is 2. The maximum atomic E-state index is 14.0. The molecule has 0 aliphatic carbocycles. The molecule has 0 saturated heterocycles. The van der Waals surface area contributed by atoms with Crippen LogP contribution in [0.25, 0.3) is 28.3 Å². The van der Waals surface area contributed by atoms with Gasteiger partial charge in [0, 0.05) is 37.6 Å². The van der Waals surface area contributed by atoms with E-state index in [4.69, 9.17) is 20.0 Å². The molecular formula is C64H66F6N12O8. The number of hydrogen-bond acceptors (Lipinski definition) is 13. The van der Waals surface area contributed by atoms with Crippen molar-refractivity contribution in [3.63, 3.8) is 0 Å². The number of unbranched alkanes of at least 4 members (excludes halogenated alkanes) is 4. The smallest absolute Gasteiger partial charge is 0.416 e. The number of alkyl carbamates (subject to hydrolysis) is 2. The van der Waals surface area contributed by atoms with Crippen molar-refractivity contribution in [2.75, 3.05) is 18.5 Å². The molecule has 0 bridgehead atoms. The van der Waals surface area contributed by atoms with E-state index in [1.807, 2.05) is 12.1 Å². The molecule has 26 heteroatoms. The number of aromatic nitrogens is 6. The molecule has 0 spiro atoms. The fourth-order valence-corrected chi connectivity index (χ4v) is 8.98. The molecule has 0 fully saturated rings. The van der Waals surface area contributed by atoms with Crippen LogP contribution in [0.4, 0.5) is 41.6 Å². The lowest BCUT2D eigenvalue weighted by molar-refractivity contribution is -0.138. The Morgan fingerprint density at radius 3 is 1.53 bits per heavy atom. The first kappa shape index (κ1) is 68.7. The summed E-state index contributed by atoms with van der Waals surface area (Å²) in [6.45, 7) is 14.0. The fraction of sp³-hybridized carbons (Fsp3) is 0.344. The Kier molecular flexibility index (Phi) is 22.9. The van der Waals surface area contributed by atoms with Gasteiger partial charge in [-0.3, -0.25) is 33.3 Å². The third-order valence-electron chi connectivity index (χ3n) is 13.1. The van der Waals surface area contributed by atoms with E-state index in [1.165, 1.54) is 55.2 Å². The lowest BCUT2D eigenvalue weighted by Crippen LogP contribution is -2.42. The summed E-state index contributed by atoms with van der Waals surface area (Å²) >= 11 is 0. The summed E-state index contributed by atoms with van der Waals surface area (Å²) in [4.78, 5) is 78.4. The monoisotopic (exact) mass is 1240 g/mol. The topological polar surface area (TPSA) is 254 Å². The number of nitrogens with one attached hydrogen (secondary N) is 3. The molecule has 7 aromatic rings. The molecular weight excluding hydrogens is 1180 g/mol. The van der Waals surface area contributed by atoms with Crippen LogP contribution in [0, 0.1) is 48.4 Å². The van der Waals surface area contributed by atoms with E-state index >= 15 is 0 Å². The van der Waals surface area contributed by atoms with Crippen molar-refractivity contribution in [2.45, 2.75) is 131 Å². The van der Waals surface area contributed by atoms with Crippen molar-refractivity contribution in [1.82, 2.24) is 38.7 Å². The molecule has 0 saturated carbocycles. The molecule has 90 heavy (non-hydrogen) atoms. The van der Waals surface area contributed by atoms with E-state index in [1.54, 1.807) is 96.1 Å². The van der Waals surface area contributed by atoms with Crippen LogP contribution < -0.4 is 38.6 Å². The Labute approximate surface area is 513 Å². The van der Waals surface area contributed by atoms with Gasteiger partial charge in [0.2, 0.25) is 0 Å². The molecule has 4 aromatic carbocycles. The standard InChI is InChI=1S/2C32H33F3N6O4/c1-21-27(26-15-17-38-41(26)24-13-11-22(20-36)12-14-24)28(42)39(18-7-5-6-16-37-29(43)45-31(2,3)4)30(44)40(21)25-10-8-9-23(19-25)32(33,34)35;1-22-27(12-9-18-38-39-25-15-13-23(21-36)14-16-25)28(42)40(19-7-5-6-17-37-29(43)45-31(2,3)4)30(44)41(22)26-11-8-10-24(20-26)32(33,34)35/h8-15,17,19H,5-7,16,18H2,1-4H3,(H,37,43);8,10-11,13-16,18,20,39H,5-7,17,19H2,1-4H3,(H,37,43)/b;38-18-. The van der Waals surface area contributed by atoms with Gasteiger partial charge < -0.3 is 20.1 Å². The second-order valence-corrected chi connectivity index (χ2v) is 22.3. The molecule has 3 heterocycles. The molecule has 0 aliphatic heterocycles. The molecule has 0 unspecified atom stereocenters. The SMILES string of the molecule is Cc1c(-c2ccnn2-c2ccc(C#N)cc2)c(=O)n(CCCCCNC(=O)OC(C)(C)C)c(=O)n1-c1cccc(C(F)(F)F)c1.Cc1c(C#C/C=N\Nc2ccc(C#N)cc2)c(=O)n(CCCCCNC(=O)OC(C)(C)C)c(=O)n1-c1cccc(C(F)(F)F)c1. The molecule has 472 valence electrons. The van der Waals surface area contributed by atoms with Crippen LogP contribution in [0.15, 0.2) is 134 Å². The molecule has 0 aliphatic rings. The molecule has 20 nitrogen and oxygen atoms in total. The Morgan fingerprint density at radius 1 is 0.600 bits per heavy atom. The Balaban J connectivity index is 0.000000287. The minimum Gasteiger partial charge on any atom is -0.444 e. The van der Waals surface area contributed by atoms with Crippen molar-refractivity contribution in [1.29, 1.82) is 10.5 Å². The average molecular weight is 1250 g/mol. The summed E-state index contributed by atoms with van der Waals surface area (Å²) in [5.74, 6) is 5.32. The maximum absolute atomic E-state index is 14.0. The number of carbonyl (C=O) groups excluding carboxylic acids is 2. The van der Waals surface area contributed by atoms with Crippen molar-refractivity contribution >= 4 is 24.1 Å². The van der Waals surface area contributed by atoms with Gasteiger partial charge in [-0.15, -0.1) is 0 Å². The van der Waals surface area contributed by atoms with Gasteiger partial charge >= 0.3 is 35.9 Å². The van der Waals surface area contributed by atoms with E-state index < -0.39 is 69.4 Å². The number of benzene rings is 4. The number of hydrazone groups is 1. The third-order valence-corrected chi connectivity index (χ3v) is 13.1. The van der Waals surface area contributed by atoms with Crippen LogP contribution >= 0.6 is 0 Å². The minimum absolute atomic E-state index is 0.0126. The lowest BCUT2D eigenvalue weighted by atomic mass is 10.1. The van der Waals surface area contributed by atoms with Gasteiger partial charge in [-0.25, -0.2) is 23.9 Å². The zero-order chi connectivity index (χ0) is 66.1. The van der Waals surface area contributed by atoms with Crippen molar-refractivity contribution in [3.8, 4) is 52.3 Å². The number of rotatable bonds is 18. The van der Waals surface area contributed by atoms with Gasteiger partial charge in [0.1, 0.15) is 16.8 Å². The van der Waals surface area contributed by atoms with Crippen molar-refractivity contribution in [2.24, 2.45) is 5.10 Å². The van der Waals surface area contributed by atoms with Gasteiger partial charge in [0.25, 0.3) is 11.1 Å². The first-order valence-corrected chi connectivity index (χ1v) is 28.3. The van der Waals surface area contributed by atoms with Gasteiger partial charge in [0.15, 0.2) is 0 Å². The van der Waals surface area contributed by atoms with Crippen LogP contribution in [-0.4, -0.2) is 70.7 Å². The fourth-order valence-electron chi connectivity index (χ4n) is 8.98. The number of halogens is 6. The second-order valence-electron chi connectivity index (χ2n) is 22.3. The summed E-state index contributed by atoms with van der Waals surface area (Å²) in [6, 6.07) is 27.2. The predicted octanol–water partition coefficient (Wildman–Crippen LogP) is 11.1. The van der Waals surface area contributed by atoms with Crippen LogP contribution in [0.2, 0.25) is 0 Å². The third kappa shape index (κ3) is 18.8. The summed E-state index contributed by atoms with van der Waals surface area (Å²) in [5.41, 5.74) is -0.881. The molecule has 2 amide bonds. The first-order chi connectivity index (χ1) is 42.4. The largest absolute Gasteiger partial charge is 0.444 e. The Bertz CT molecular complexity index is 4140.